The number of amides is 2. The summed E-state index contributed by atoms with van der Waals surface area (Å²) in [5, 5.41) is 12.8. The summed E-state index contributed by atoms with van der Waals surface area (Å²) in [7, 11) is 0. The molecule has 4 nitrogen and oxygen atoms in total. The summed E-state index contributed by atoms with van der Waals surface area (Å²) in [4.78, 5) is 14.1. The molecule has 110 valence electrons. The van der Waals surface area contributed by atoms with Gasteiger partial charge in [0.2, 0.25) is 0 Å². The highest BCUT2D eigenvalue weighted by Crippen LogP contribution is 2.26. The van der Waals surface area contributed by atoms with E-state index in [4.69, 9.17) is 28.3 Å². The second-order valence-electron chi connectivity index (χ2n) is 4.91. The van der Waals surface area contributed by atoms with Crippen molar-refractivity contribution in [2.45, 2.75) is 31.7 Å². The molecule has 1 heterocycles. The first-order chi connectivity index (χ1) is 9.61. The molecule has 1 unspecified atom stereocenters. The van der Waals surface area contributed by atoms with Crippen LogP contribution in [0.2, 0.25) is 10.0 Å². The van der Waals surface area contributed by atoms with E-state index in [9.17, 15) is 4.79 Å². The molecular weight excluding hydrogens is 299 g/mol. The number of nitrogens with zero attached hydrogens (tertiary/aromatic N) is 1. The molecule has 1 aromatic rings. The van der Waals surface area contributed by atoms with Gasteiger partial charge >= 0.3 is 6.03 Å². The van der Waals surface area contributed by atoms with Crippen LogP contribution in [0.4, 0.5) is 10.5 Å². The Labute approximate surface area is 128 Å². The molecule has 20 heavy (non-hydrogen) atoms. The van der Waals surface area contributed by atoms with Crippen molar-refractivity contribution in [1.29, 1.82) is 0 Å². The molecule has 0 aliphatic carbocycles. The molecule has 0 radical (unpaired) electrons. The molecule has 2 amide bonds. The van der Waals surface area contributed by atoms with Crippen molar-refractivity contribution in [3.63, 3.8) is 0 Å². The van der Waals surface area contributed by atoms with Crippen LogP contribution >= 0.6 is 23.2 Å². The topological polar surface area (TPSA) is 52.6 Å². The smallest absolute Gasteiger partial charge is 0.322 e. The first-order valence-electron chi connectivity index (χ1n) is 6.75. The second-order valence-corrected chi connectivity index (χ2v) is 5.73. The fourth-order valence-corrected chi connectivity index (χ4v) is 2.78. The molecule has 1 atom stereocenters. The number of hydrogen-bond acceptors (Lipinski definition) is 2. The first-order valence-corrected chi connectivity index (χ1v) is 7.51. The Hall–Kier alpha value is -0.970. The third-order valence-electron chi connectivity index (χ3n) is 3.52. The Bertz CT molecular complexity index is 480. The van der Waals surface area contributed by atoms with Crippen molar-refractivity contribution in [3.05, 3.63) is 28.2 Å². The van der Waals surface area contributed by atoms with Gasteiger partial charge in [-0.3, -0.25) is 0 Å². The van der Waals surface area contributed by atoms with Crippen LogP contribution < -0.4 is 5.32 Å². The molecule has 0 aromatic heterocycles. The molecular formula is C14H18Cl2N2O2. The Morgan fingerprint density at radius 2 is 2.15 bits per heavy atom. The van der Waals surface area contributed by atoms with Crippen molar-refractivity contribution in [2.75, 3.05) is 18.5 Å². The van der Waals surface area contributed by atoms with E-state index in [1.807, 2.05) is 0 Å². The number of aliphatic hydroxyl groups is 1. The van der Waals surface area contributed by atoms with Gasteiger partial charge in [0.05, 0.1) is 10.0 Å². The normalized spacial score (nSPS) is 18.9. The number of rotatable bonds is 3. The highest BCUT2D eigenvalue weighted by Gasteiger charge is 2.26. The monoisotopic (exact) mass is 316 g/mol. The summed E-state index contributed by atoms with van der Waals surface area (Å²) >= 11 is 11.8. The number of halogens is 2. The van der Waals surface area contributed by atoms with E-state index in [0.717, 1.165) is 25.8 Å². The zero-order valence-electron chi connectivity index (χ0n) is 11.1. The van der Waals surface area contributed by atoms with Crippen LogP contribution in [-0.2, 0) is 0 Å². The standard InChI is InChI=1S/C14H18Cl2N2O2/c15-12-5-4-10(9-13(12)16)17-14(20)18-7-2-1-3-11(18)6-8-19/h4-5,9,11,19H,1-3,6-8H2,(H,17,20). The Morgan fingerprint density at radius 1 is 1.35 bits per heavy atom. The minimum atomic E-state index is -0.151. The lowest BCUT2D eigenvalue weighted by Gasteiger charge is -2.35. The van der Waals surface area contributed by atoms with E-state index in [1.54, 1.807) is 23.1 Å². The number of hydrogen-bond donors (Lipinski definition) is 2. The zero-order valence-corrected chi connectivity index (χ0v) is 12.6. The van der Waals surface area contributed by atoms with Crippen LogP contribution in [-0.4, -0.2) is 35.2 Å². The van der Waals surface area contributed by atoms with E-state index >= 15 is 0 Å². The lowest BCUT2D eigenvalue weighted by molar-refractivity contribution is 0.141. The van der Waals surface area contributed by atoms with Gasteiger partial charge in [0.1, 0.15) is 0 Å². The van der Waals surface area contributed by atoms with Gasteiger partial charge in [0.25, 0.3) is 0 Å². The molecule has 2 rings (SSSR count). The van der Waals surface area contributed by atoms with Crippen molar-refractivity contribution in [2.24, 2.45) is 0 Å². The van der Waals surface area contributed by atoms with Gasteiger partial charge in [-0.15, -0.1) is 0 Å². The van der Waals surface area contributed by atoms with Crippen molar-refractivity contribution >= 4 is 34.9 Å². The third kappa shape index (κ3) is 3.78. The largest absolute Gasteiger partial charge is 0.396 e. The number of nitrogens with one attached hydrogen (secondary N) is 1. The summed E-state index contributed by atoms with van der Waals surface area (Å²) in [6.45, 7) is 0.818. The van der Waals surface area contributed by atoms with E-state index in [0.29, 0.717) is 22.2 Å². The summed E-state index contributed by atoms with van der Waals surface area (Å²) in [5.74, 6) is 0. The highest BCUT2D eigenvalue weighted by atomic mass is 35.5. The number of urea groups is 1. The minimum absolute atomic E-state index is 0.0984. The summed E-state index contributed by atoms with van der Waals surface area (Å²) in [6.07, 6.45) is 3.65. The van der Waals surface area contributed by atoms with Gasteiger partial charge in [-0.05, 0) is 43.9 Å². The Kier molecular flexibility index (Phi) is 5.52. The van der Waals surface area contributed by atoms with Gasteiger partial charge in [-0.1, -0.05) is 23.2 Å². The van der Waals surface area contributed by atoms with Crippen LogP contribution in [0.5, 0.6) is 0 Å². The van der Waals surface area contributed by atoms with Crippen LogP contribution in [0.1, 0.15) is 25.7 Å². The molecule has 1 fully saturated rings. The maximum atomic E-state index is 12.3. The fourth-order valence-electron chi connectivity index (χ4n) is 2.49. The average molecular weight is 317 g/mol. The predicted molar refractivity (Wildman–Crippen MR) is 81.5 cm³/mol. The lowest BCUT2D eigenvalue weighted by atomic mass is 10.0. The lowest BCUT2D eigenvalue weighted by Crippen LogP contribution is -2.46. The summed E-state index contributed by atoms with van der Waals surface area (Å²) in [6, 6.07) is 4.96. The van der Waals surface area contributed by atoms with Gasteiger partial charge < -0.3 is 15.3 Å². The van der Waals surface area contributed by atoms with Crippen molar-refractivity contribution in [1.82, 2.24) is 4.90 Å². The molecule has 2 N–H and O–H groups in total. The van der Waals surface area contributed by atoms with Crippen LogP contribution in [0, 0.1) is 0 Å². The maximum Gasteiger partial charge on any atom is 0.322 e. The number of benzene rings is 1. The van der Waals surface area contributed by atoms with Crippen LogP contribution in [0.3, 0.4) is 0 Å². The average Bonchev–Trinajstić information content (AvgIpc) is 2.44. The van der Waals surface area contributed by atoms with Crippen LogP contribution in [0.25, 0.3) is 0 Å². The number of carbonyl (C=O) groups excluding carboxylic acids is 1. The number of aliphatic hydroxyl groups excluding tert-OH is 1. The first kappa shape index (κ1) is 15.4. The summed E-state index contributed by atoms with van der Waals surface area (Å²) < 4.78 is 0. The molecule has 0 saturated carbocycles. The van der Waals surface area contributed by atoms with E-state index < -0.39 is 0 Å². The highest BCUT2D eigenvalue weighted by molar-refractivity contribution is 6.42. The van der Waals surface area contributed by atoms with E-state index in [2.05, 4.69) is 5.32 Å². The number of carbonyl (C=O) groups is 1. The molecule has 6 heteroatoms. The van der Waals surface area contributed by atoms with E-state index in [1.165, 1.54) is 0 Å². The third-order valence-corrected chi connectivity index (χ3v) is 4.26. The van der Waals surface area contributed by atoms with E-state index in [-0.39, 0.29) is 18.7 Å². The number of piperidine rings is 1. The Morgan fingerprint density at radius 3 is 2.85 bits per heavy atom. The van der Waals surface area contributed by atoms with Crippen LogP contribution in [0.15, 0.2) is 18.2 Å². The second kappa shape index (κ2) is 7.16. The molecule has 1 saturated heterocycles. The molecule has 1 aliphatic heterocycles. The fraction of sp³-hybridized carbons (Fsp3) is 0.500. The van der Waals surface area contributed by atoms with Gasteiger partial charge in [0.15, 0.2) is 0 Å². The quantitative estimate of drug-likeness (QED) is 0.892. The number of likely N-dealkylation sites (tertiary alicyclic amines) is 1. The van der Waals surface area contributed by atoms with Gasteiger partial charge in [0, 0.05) is 24.9 Å². The Balaban J connectivity index is 2.03. The van der Waals surface area contributed by atoms with Gasteiger partial charge in [-0.25, -0.2) is 4.79 Å². The molecule has 1 aliphatic rings. The van der Waals surface area contributed by atoms with Crippen molar-refractivity contribution < 1.29 is 9.90 Å². The molecule has 0 bridgehead atoms. The molecule has 0 spiro atoms. The molecule has 1 aromatic carbocycles. The zero-order chi connectivity index (χ0) is 14.5. The summed E-state index contributed by atoms with van der Waals surface area (Å²) in [5.41, 5.74) is 0.623. The predicted octanol–water partition coefficient (Wildman–Crippen LogP) is 3.76. The number of anilines is 1. The minimum Gasteiger partial charge on any atom is -0.396 e. The maximum absolute atomic E-state index is 12.3. The van der Waals surface area contributed by atoms with Crippen molar-refractivity contribution in [3.8, 4) is 0 Å². The van der Waals surface area contributed by atoms with Gasteiger partial charge in [-0.2, -0.15) is 0 Å². The SMILES string of the molecule is O=C(Nc1ccc(Cl)c(Cl)c1)N1CCCCC1CCO.